The van der Waals surface area contributed by atoms with Gasteiger partial charge in [0.05, 0.1) is 18.5 Å². The number of nitrogens with zero attached hydrogens (tertiary/aromatic N) is 4. The molecule has 4 rings (SSSR count). The molecule has 3 aromatic rings. The van der Waals surface area contributed by atoms with Crippen molar-refractivity contribution < 1.29 is 23.7 Å². The van der Waals surface area contributed by atoms with Crippen LogP contribution in [0.1, 0.15) is 60.4 Å². The Labute approximate surface area is 205 Å². The van der Waals surface area contributed by atoms with Crippen molar-refractivity contribution in [2.75, 3.05) is 11.9 Å². The lowest BCUT2D eigenvalue weighted by molar-refractivity contribution is -0.119. The van der Waals surface area contributed by atoms with Crippen LogP contribution in [0.4, 0.5) is 10.1 Å². The Morgan fingerprint density at radius 1 is 1.31 bits per heavy atom. The Morgan fingerprint density at radius 3 is 2.72 bits per heavy atom. The van der Waals surface area contributed by atoms with Crippen molar-refractivity contribution in [3.05, 3.63) is 57.8 Å². The Bertz CT molecular complexity index is 1280. The summed E-state index contributed by atoms with van der Waals surface area (Å²) in [5.41, 5.74) is 0.0254. The number of carbonyl (C=O) groups is 2. The summed E-state index contributed by atoms with van der Waals surface area (Å²) >= 11 is 0. The van der Waals surface area contributed by atoms with Gasteiger partial charge in [0.15, 0.2) is 5.69 Å². The largest absolute Gasteiger partial charge is 0.394 e. The van der Waals surface area contributed by atoms with Gasteiger partial charge in [-0.2, -0.15) is 5.10 Å². The molecule has 0 saturated heterocycles. The fraction of sp³-hybridized carbons (Fsp3) is 0.478. The van der Waals surface area contributed by atoms with Gasteiger partial charge in [0, 0.05) is 18.0 Å². The first-order valence-corrected chi connectivity index (χ1v) is 11.7. The van der Waals surface area contributed by atoms with E-state index in [1.807, 2.05) is 0 Å². The normalized spacial score (nSPS) is 19.4. The molecule has 4 N–H and O–H groups in total. The molecule has 3 aromatic heterocycles. The fourth-order valence-electron chi connectivity index (χ4n) is 4.50. The lowest BCUT2D eigenvalue weighted by Gasteiger charge is -2.32. The minimum atomic E-state index is -0.965. The molecule has 1 aliphatic carbocycles. The lowest BCUT2D eigenvalue weighted by atomic mass is 9.79. The number of aryl methyl sites for hydroxylation is 1. The van der Waals surface area contributed by atoms with Gasteiger partial charge in [-0.05, 0) is 42.8 Å². The van der Waals surface area contributed by atoms with E-state index in [0.717, 1.165) is 37.9 Å². The van der Waals surface area contributed by atoms with Gasteiger partial charge in [0.2, 0.25) is 5.91 Å². The number of halogens is 1. The Morgan fingerprint density at radius 2 is 2.06 bits per heavy atom. The molecule has 12 nitrogen and oxygen atoms in total. The first-order valence-electron chi connectivity index (χ1n) is 11.7. The SMILES string of the molecule is Cc1nonc1C(=O)N[C@H](C(=O)Nc1cnn(C(CO)c2cc(F)c[nH]c2=O)c1)C1CCC(C)CC1. The van der Waals surface area contributed by atoms with Gasteiger partial charge in [-0.3, -0.25) is 19.1 Å². The van der Waals surface area contributed by atoms with E-state index in [1.54, 1.807) is 6.92 Å². The highest BCUT2D eigenvalue weighted by molar-refractivity contribution is 6.00. The molecule has 2 amide bonds. The first-order chi connectivity index (χ1) is 17.3. The molecule has 3 heterocycles. The van der Waals surface area contributed by atoms with Crippen molar-refractivity contribution in [1.82, 2.24) is 30.4 Å². The lowest BCUT2D eigenvalue weighted by Crippen LogP contribution is -2.49. The summed E-state index contributed by atoms with van der Waals surface area (Å²) in [6, 6.07) is -0.784. The predicted octanol–water partition coefficient (Wildman–Crippen LogP) is 1.55. The molecule has 1 fully saturated rings. The van der Waals surface area contributed by atoms with Gasteiger partial charge in [-0.1, -0.05) is 24.9 Å². The molecular formula is C23H28FN7O5. The molecule has 0 spiro atoms. The molecule has 1 saturated carbocycles. The molecule has 36 heavy (non-hydrogen) atoms. The number of amides is 2. The molecule has 1 aliphatic rings. The summed E-state index contributed by atoms with van der Waals surface area (Å²) in [4.78, 5) is 40.5. The summed E-state index contributed by atoms with van der Waals surface area (Å²) in [7, 11) is 0. The molecule has 192 valence electrons. The molecule has 13 heteroatoms. The van der Waals surface area contributed by atoms with Crippen LogP contribution in [-0.2, 0) is 4.79 Å². The molecule has 0 aliphatic heterocycles. The van der Waals surface area contributed by atoms with Crippen molar-refractivity contribution >= 4 is 17.5 Å². The molecular weight excluding hydrogens is 473 g/mol. The summed E-state index contributed by atoms with van der Waals surface area (Å²) in [5.74, 6) is -1.21. The minimum absolute atomic E-state index is 0.0101. The van der Waals surface area contributed by atoms with Crippen LogP contribution >= 0.6 is 0 Å². The number of aromatic amines is 1. The number of pyridine rings is 1. The number of aliphatic hydroxyl groups is 1. The Kier molecular flexibility index (Phi) is 7.58. The van der Waals surface area contributed by atoms with Gasteiger partial charge < -0.3 is 20.7 Å². The number of anilines is 1. The Balaban J connectivity index is 1.53. The zero-order valence-corrected chi connectivity index (χ0v) is 19.9. The van der Waals surface area contributed by atoms with Crippen LogP contribution in [0.25, 0.3) is 0 Å². The predicted molar refractivity (Wildman–Crippen MR) is 125 cm³/mol. The quantitative estimate of drug-likeness (QED) is 0.360. The topological polar surface area (TPSA) is 168 Å². The highest BCUT2D eigenvalue weighted by Crippen LogP contribution is 2.31. The van der Waals surface area contributed by atoms with Crippen molar-refractivity contribution in [3.8, 4) is 0 Å². The van der Waals surface area contributed by atoms with Crippen LogP contribution in [0.5, 0.6) is 0 Å². The number of hydrogen-bond donors (Lipinski definition) is 4. The van der Waals surface area contributed by atoms with Crippen LogP contribution < -0.4 is 16.2 Å². The first kappa shape index (κ1) is 25.2. The number of rotatable bonds is 8. The van der Waals surface area contributed by atoms with Gasteiger partial charge in [-0.25, -0.2) is 9.02 Å². The van der Waals surface area contributed by atoms with Gasteiger partial charge in [0.25, 0.3) is 11.5 Å². The molecule has 2 atom stereocenters. The third-order valence-corrected chi connectivity index (χ3v) is 6.59. The molecule has 1 unspecified atom stereocenters. The van der Waals surface area contributed by atoms with E-state index in [4.69, 9.17) is 0 Å². The van der Waals surface area contributed by atoms with Crippen LogP contribution in [-0.4, -0.2) is 54.6 Å². The number of carbonyl (C=O) groups excluding carboxylic acids is 2. The van der Waals surface area contributed by atoms with Gasteiger partial charge in [0.1, 0.15) is 23.6 Å². The number of aliphatic hydroxyl groups excluding tert-OH is 1. The van der Waals surface area contributed by atoms with Crippen molar-refractivity contribution in [3.63, 3.8) is 0 Å². The second-order valence-electron chi connectivity index (χ2n) is 9.17. The zero-order valence-electron chi connectivity index (χ0n) is 19.9. The maximum Gasteiger partial charge on any atom is 0.276 e. The summed E-state index contributed by atoms with van der Waals surface area (Å²) in [5, 5.41) is 26.7. The second kappa shape index (κ2) is 10.8. The highest BCUT2D eigenvalue weighted by atomic mass is 19.1. The van der Waals surface area contributed by atoms with E-state index in [0.29, 0.717) is 11.6 Å². The van der Waals surface area contributed by atoms with E-state index in [1.165, 1.54) is 17.1 Å². The average Bonchev–Trinajstić information content (AvgIpc) is 3.49. The average molecular weight is 502 g/mol. The van der Waals surface area contributed by atoms with Crippen LogP contribution in [0.15, 0.2) is 34.1 Å². The second-order valence-corrected chi connectivity index (χ2v) is 9.17. The number of hydrogen-bond acceptors (Lipinski definition) is 8. The van der Waals surface area contributed by atoms with Crippen LogP contribution in [0.2, 0.25) is 0 Å². The van der Waals surface area contributed by atoms with Crippen LogP contribution in [0, 0.1) is 24.6 Å². The monoisotopic (exact) mass is 501 g/mol. The van der Waals surface area contributed by atoms with Crippen molar-refractivity contribution in [1.29, 1.82) is 0 Å². The third kappa shape index (κ3) is 5.51. The van der Waals surface area contributed by atoms with E-state index in [2.05, 4.69) is 42.6 Å². The van der Waals surface area contributed by atoms with Crippen LogP contribution in [0.3, 0.4) is 0 Å². The molecule has 0 radical (unpaired) electrons. The maximum absolute atomic E-state index is 13.7. The highest BCUT2D eigenvalue weighted by Gasteiger charge is 2.34. The van der Waals surface area contributed by atoms with E-state index in [9.17, 15) is 23.9 Å². The van der Waals surface area contributed by atoms with Crippen molar-refractivity contribution in [2.24, 2.45) is 11.8 Å². The van der Waals surface area contributed by atoms with E-state index in [-0.39, 0.29) is 22.9 Å². The third-order valence-electron chi connectivity index (χ3n) is 6.59. The Hall–Kier alpha value is -3.87. The summed E-state index contributed by atoms with van der Waals surface area (Å²) in [6.07, 6.45) is 7.11. The minimum Gasteiger partial charge on any atom is -0.394 e. The van der Waals surface area contributed by atoms with Gasteiger partial charge >= 0.3 is 0 Å². The van der Waals surface area contributed by atoms with E-state index >= 15 is 0 Å². The summed E-state index contributed by atoms with van der Waals surface area (Å²) < 4.78 is 19.5. The molecule has 0 aromatic carbocycles. The number of nitrogens with one attached hydrogen (secondary N) is 3. The number of aromatic nitrogens is 5. The van der Waals surface area contributed by atoms with E-state index < -0.39 is 41.9 Å². The summed E-state index contributed by atoms with van der Waals surface area (Å²) in [6.45, 7) is 3.22. The standard InChI is InChI=1S/C23H28FN7O5/c1-12-3-5-14(6-4-12)20(28-22(34)19-13(2)29-36-30-19)23(35)27-16-9-26-31(10-16)18(11-32)17-7-15(24)8-25-21(17)33/h7-10,12,14,18,20,32H,3-6,11H2,1-2H3,(H,25,33)(H,27,35)(H,28,34)/t12?,14?,18?,20-/m0/s1. The smallest absolute Gasteiger partial charge is 0.276 e. The fourth-order valence-corrected chi connectivity index (χ4v) is 4.50. The number of H-pyrrole nitrogens is 1. The maximum atomic E-state index is 13.7. The van der Waals surface area contributed by atoms with Crippen molar-refractivity contribution in [2.45, 2.75) is 51.6 Å². The molecule has 0 bridgehead atoms. The van der Waals surface area contributed by atoms with Gasteiger partial charge in [-0.15, -0.1) is 0 Å². The zero-order chi connectivity index (χ0) is 25.8.